The van der Waals surface area contributed by atoms with E-state index in [4.69, 9.17) is 16.3 Å². The number of fused-ring (bicyclic) bond motifs is 1. The molecule has 2 aromatic carbocycles. The molecule has 39 heavy (non-hydrogen) atoms. The third-order valence-electron chi connectivity index (χ3n) is 8.77. The van der Waals surface area contributed by atoms with Crippen molar-refractivity contribution in [2.45, 2.75) is 25.8 Å². The Labute approximate surface area is 231 Å². The Morgan fingerprint density at radius 3 is 2.33 bits per heavy atom. The number of nitrogens with zero attached hydrogens (tertiary/aromatic N) is 3. The zero-order valence-electron chi connectivity index (χ0n) is 21.8. The molecule has 4 fully saturated rings. The van der Waals surface area contributed by atoms with Crippen LogP contribution in [0, 0.1) is 24.7 Å². The number of piperidine rings is 1. The number of hydrogen-bond acceptors (Lipinski definition) is 6. The Balaban J connectivity index is 1.12. The monoisotopic (exact) mass is 553 g/mol. The molecule has 0 radical (unpaired) electrons. The molecule has 2 aromatic rings. The van der Waals surface area contributed by atoms with E-state index in [0.717, 1.165) is 30.0 Å². The Hall–Kier alpha value is -3.30. The zero-order valence-corrected chi connectivity index (χ0v) is 22.6. The van der Waals surface area contributed by atoms with Crippen LogP contribution in [0.25, 0.3) is 0 Å². The van der Waals surface area contributed by atoms with Crippen molar-refractivity contribution in [3.8, 4) is 11.5 Å². The summed E-state index contributed by atoms with van der Waals surface area (Å²) in [5.74, 6) is -0.257. The van der Waals surface area contributed by atoms with E-state index in [9.17, 15) is 24.6 Å². The van der Waals surface area contributed by atoms with E-state index in [0.29, 0.717) is 51.5 Å². The summed E-state index contributed by atoms with van der Waals surface area (Å²) in [6.45, 7) is 6.17. The van der Waals surface area contributed by atoms with Gasteiger partial charge < -0.3 is 29.6 Å². The molecular formula is C29H32ClN3O6. The van der Waals surface area contributed by atoms with E-state index in [-0.39, 0.29) is 63.6 Å². The highest BCUT2D eigenvalue weighted by Crippen LogP contribution is 2.53. The molecule has 0 spiro atoms. The van der Waals surface area contributed by atoms with Gasteiger partial charge >= 0.3 is 0 Å². The van der Waals surface area contributed by atoms with Crippen LogP contribution in [-0.4, -0.2) is 88.6 Å². The van der Waals surface area contributed by atoms with Crippen LogP contribution >= 0.6 is 11.6 Å². The molecule has 4 aliphatic rings. The van der Waals surface area contributed by atoms with E-state index in [1.54, 1.807) is 4.90 Å². The molecule has 3 heterocycles. The Morgan fingerprint density at radius 2 is 1.64 bits per heavy atom. The smallest absolute Gasteiger partial charge is 0.258 e. The van der Waals surface area contributed by atoms with Gasteiger partial charge in [0.05, 0.1) is 29.8 Å². The summed E-state index contributed by atoms with van der Waals surface area (Å²) < 4.78 is 5.35. The summed E-state index contributed by atoms with van der Waals surface area (Å²) in [4.78, 5) is 45.0. The van der Waals surface area contributed by atoms with Gasteiger partial charge in [-0.3, -0.25) is 14.4 Å². The molecule has 9 nitrogen and oxygen atoms in total. The van der Waals surface area contributed by atoms with Crippen LogP contribution in [0.1, 0.15) is 50.7 Å². The Bertz CT molecular complexity index is 1330. The number of morpholine rings is 1. The van der Waals surface area contributed by atoms with E-state index >= 15 is 0 Å². The number of phenols is 2. The third kappa shape index (κ3) is 4.61. The highest BCUT2D eigenvalue weighted by molar-refractivity contribution is 6.32. The number of aromatic hydroxyl groups is 2. The molecule has 2 unspecified atom stereocenters. The first-order chi connectivity index (χ1) is 18.7. The summed E-state index contributed by atoms with van der Waals surface area (Å²) in [5.41, 5.74) is 2.53. The van der Waals surface area contributed by atoms with Crippen molar-refractivity contribution >= 4 is 29.3 Å². The maximum absolute atomic E-state index is 13.3. The van der Waals surface area contributed by atoms with Gasteiger partial charge in [0.25, 0.3) is 11.8 Å². The van der Waals surface area contributed by atoms with Gasteiger partial charge in [0, 0.05) is 50.3 Å². The van der Waals surface area contributed by atoms with Crippen molar-refractivity contribution in [3.63, 3.8) is 0 Å². The highest BCUT2D eigenvalue weighted by Gasteiger charge is 2.61. The summed E-state index contributed by atoms with van der Waals surface area (Å²) >= 11 is 6.00. The number of benzene rings is 2. The summed E-state index contributed by atoms with van der Waals surface area (Å²) in [7, 11) is 0. The number of likely N-dealkylation sites (tertiary alicyclic amines) is 2. The van der Waals surface area contributed by atoms with E-state index in [2.05, 4.69) is 0 Å². The minimum Gasteiger partial charge on any atom is -0.507 e. The van der Waals surface area contributed by atoms with Gasteiger partial charge in [-0.25, -0.2) is 0 Å². The number of aryl methyl sites for hydroxylation is 1. The first kappa shape index (κ1) is 26.0. The minimum absolute atomic E-state index is 0.00211. The number of phenolic OH excluding ortho intramolecular Hbond substituents is 2. The summed E-state index contributed by atoms with van der Waals surface area (Å²) in [5, 5.41) is 20.0. The van der Waals surface area contributed by atoms with Crippen LogP contribution in [0.15, 0.2) is 30.3 Å². The van der Waals surface area contributed by atoms with E-state index in [1.807, 2.05) is 34.9 Å². The van der Waals surface area contributed by atoms with E-state index < -0.39 is 0 Å². The molecule has 2 N–H and O–H groups in total. The quantitative estimate of drug-likeness (QED) is 0.601. The normalized spacial score (nSPS) is 26.1. The lowest BCUT2D eigenvalue weighted by molar-refractivity contribution is -0.137. The molecule has 206 valence electrons. The van der Waals surface area contributed by atoms with Crippen LogP contribution in [0.3, 0.4) is 0 Å². The lowest BCUT2D eigenvalue weighted by Gasteiger charge is -2.28. The molecule has 0 bridgehead atoms. The lowest BCUT2D eigenvalue weighted by atomic mass is 9.96. The van der Waals surface area contributed by atoms with Crippen molar-refractivity contribution in [2.75, 3.05) is 45.9 Å². The lowest BCUT2D eigenvalue weighted by Crippen LogP contribution is -2.43. The standard InChI is InChI=1S/C29H32ClN3O6/c1-16-11-17(27(36)32-14-20-21(15-32)26(20)29(38)31-7-9-39-10-8-31)4-5-18(16)23-3-2-6-33(23)28(37)19-12-22(30)25(35)13-24(19)34/h4-5,11-13,20-21,23,26,34-35H,2-3,6-10,14-15H2,1H3/t20-,21+,23?,26?. The molecule has 4 atom stereocenters. The molecule has 1 aliphatic carbocycles. The number of rotatable bonds is 4. The maximum atomic E-state index is 13.3. The summed E-state index contributed by atoms with van der Waals surface area (Å²) in [6, 6.07) is 7.80. The van der Waals surface area contributed by atoms with Crippen molar-refractivity contribution < 1.29 is 29.3 Å². The van der Waals surface area contributed by atoms with Crippen LogP contribution in [0.2, 0.25) is 5.02 Å². The van der Waals surface area contributed by atoms with Crippen molar-refractivity contribution in [2.24, 2.45) is 17.8 Å². The summed E-state index contributed by atoms with van der Waals surface area (Å²) in [6.07, 6.45) is 1.57. The molecule has 0 aromatic heterocycles. The van der Waals surface area contributed by atoms with Crippen LogP contribution in [0.4, 0.5) is 0 Å². The van der Waals surface area contributed by atoms with Gasteiger partial charge in [0.2, 0.25) is 5.91 Å². The molecular weight excluding hydrogens is 522 g/mol. The fourth-order valence-electron chi connectivity index (χ4n) is 6.63. The first-order valence-corrected chi connectivity index (χ1v) is 13.9. The van der Waals surface area contributed by atoms with Crippen LogP contribution in [0.5, 0.6) is 11.5 Å². The average molecular weight is 554 g/mol. The molecule has 3 aliphatic heterocycles. The van der Waals surface area contributed by atoms with E-state index in [1.165, 1.54) is 6.07 Å². The molecule has 1 saturated carbocycles. The number of carbonyl (C=O) groups excluding carboxylic acids is 3. The maximum Gasteiger partial charge on any atom is 0.258 e. The first-order valence-electron chi connectivity index (χ1n) is 13.5. The Morgan fingerprint density at radius 1 is 0.923 bits per heavy atom. The van der Waals surface area contributed by atoms with Gasteiger partial charge in [0.15, 0.2) is 0 Å². The van der Waals surface area contributed by atoms with Gasteiger partial charge in [-0.2, -0.15) is 0 Å². The predicted octanol–water partition coefficient (Wildman–Crippen LogP) is 3.21. The predicted molar refractivity (Wildman–Crippen MR) is 143 cm³/mol. The number of hydrogen-bond donors (Lipinski definition) is 2. The average Bonchev–Trinajstić information content (AvgIpc) is 3.25. The highest BCUT2D eigenvalue weighted by atomic mass is 35.5. The number of ether oxygens (including phenoxy) is 1. The van der Waals surface area contributed by atoms with Gasteiger partial charge in [-0.1, -0.05) is 17.7 Å². The second-order valence-corrected chi connectivity index (χ2v) is 11.5. The third-order valence-corrected chi connectivity index (χ3v) is 9.08. The van der Waals surface area contributed by atoms with Gasteiger partial charge in [-0.05, 0) is 60.9 Å². The Kier molecular flexibility index (Phi) is 6.67. The topological polar surface area (TPSA) is 111 Å². The molecule has 3 saturated heterocycles. The fourth-order valence-corrected chi connectivity index (χ4v) is 6.79. The van der Waals surface area contributed by atoms with Crippen molar-refractivity contribution in [1.29, 1.82) is 0 Å². The number of amides is 3. The second-order valence-electron chi connectivity index (χ2n) is 11.0. The van der Waals surface area contributed by atoms with Crippen molar-refractivity contribution in [1.82, 2.24) is 14.7 Å². The zero-order chi connectivity index (χ0) is 27.4. The van der Waals surface area contributed by atoms with Crippen molar-refractivity contribution in [3.05, 3.63) is 57.6 Å². The molecule has 3 amide bonds. The second kappa shape index (κ2) is 10.0. The minimum atomic E-state index is -0.353. The largest absolute Gasteiger partial charge is 0.507 e. The van der Waals surface area contributed by atoms with Gasteiger partial charge in [-0.15, -0.1) is 0 Å². The molecule has 10 heteroatoms. The number of carbonyl (C=O) groups is 3. The fraction of sp³-hybridized carbons (Fsp3) is 0.483. The SMILES string of the molecule is Cc1cc(C(=O)N2C[C@@H]3C(C(=O)N4CCOCC4)[C@@H]3C2)ccc1C1CCCN1C(=O)c1cc(Cl)c(O)cc1O. The molecule has 6 rings (SSSR count). The van der Waals surface area contributed by atoms with Crippen LogP contribution < -0.4 is 0 Å². The van der Waals surface area contributed by atoms with Gasteiger partial charge in [0.1, 0.15) is 11.5 Å². The number of halogens is 1. The van der Waals surface area contributed by atoms with Crippen LogP contribution in [-0.2, 0) is 9.53 Å².